The quantitative estimate of drug-likeness (QED) is 0.569. The fourth-order valence-corrected chi connectivity index (χ4v) is 3.66. The van der Waals surface area contributed by atoms with Crippen molar-refractivity contribution in [1.82, 2.24) is 25.0 Å². The molecule has 0 aliphatic rings. The van der Waals surface area contributed by atoms with Crippen molar-refractivity contribution in [2.24, 2.45) is 0 Å². The Hall–Kier alpha value is -3.52. The number of aromatic nitrogens is 3. The number of aryl methyl sites for hydroxylation is 3. The molecule has 0 aliphatic carbocycles. The lowest BCUT2D eigenvalue weighted by Crippen LogP contribution is -2.40. The van der Waals surface area contributed by atoms with Crippen molar-refractivity contribution >= 4 is 17.5 Å². The van der Waals surface area contributed by atoms with Gasteiger partial charge >= 0.3 is 0 Å². The lowest BCUT2D eigenvalue weighted by molar-refractivity contribution is -0.125. The number of amides is 2. The second-order valence-corrected chi connectivity index (χ2v) is 8.12. The van der Waals surface area contributed by atoms with E-state index in [9.17, 15) is 9.59 Å². The van der Waals surface area contributed by atoms with Crippen LogP contribution in [0.25, 0.3) is 5.69 Å². The highest BCUT2D eigenvalue weighted by molar-refractivity contribution is 5.96. The molecule has 1 aromatic heterocycles. The van der Waals surface area contributed by atoms with E-state index >= 15 is 0 Å². The first kappa shape index (κ1) is 23.1. The summed E-state index contributed by atoms with van der Waals surface area (Å²) >= 11 is 0. The molecule has 2 amide bonds. The van der Waals surface area contributed by atoms with Crippen LogP contribution in [0.5, 0.6) is 0 Å². The highest BCUT2D eigenvalue weighted by Crippen LogP contribution is 2.22. The first-order chi connectivity index (χ1) is 15.2. The van der Waals surface area contributed by atoms with Gasteiger partial charge in [-0.3, -0.25) is 14.5 Å². The lowest BCUT2D eigenvalue weighted by atomic mass is 10.1. The van der Waals surface area contributed by atoms with E-state index < -0.39 is 0 Å². The predicted molar refractivity (Wildman–Crippen MR) is 125 cm³/mol. The Balaban J connectivity index is 1.49. The molecule has 2 aromatic carbocycles. The van der Waals surface area contributed by atoms with E-state index in [4.69, 9.17) is 0 Å². The van der Waals surface area contributed by atoms with Crippen LogP contribution in [0, 0.1) is 20.8 Å². The molecule has 0 bridgehead atoms. The summed E-state index contributed by atoms with van der Waals surface area (Å²) in [5, 5.41) is 9.73. The molecule has 1 heterocycles. The van der Waals surface area contributed by atoms with Gasteiger partial charge in [-0.25, -0.2) is 9.67 Å². The van der Waals surface area contributed by atoms with Gasteiger partial charge in [0.15, 0.2) is 0 Å². The molecule has 3 aromatic rings. The molecular weight excluding hydrogens is 404 g/mol. The molecule has 0 fully saturated rings. The molecule has 0 saturated carbocycles. The topological polar surface area (TPSA) is 92.2 Å². The van der Waals surface area contributed by atoms with Gasteiger partial charge in [-0.05, 0) is 63.6 Å². The van der Waals surface area contributed by atoms with Gasteiger partial charge in [0, 0.05) is 11.7 Å². The summed E-state index contributed by atoms with van der Waals surface area (Å²) in [5.74, 6) is -0.445. The van der Waals surface area contributed by atoms with Gasteiger partial charge in [0.2, 0.25) is 11.8 Å². The van der Waals surface area contributed by atoms with E-state index in [-0.39, 0.29) is 30.9 Å². The Morgan fingerprint density at radius 1 is 1.06 bits per heavy atom. The minimum Gasteiger partial charge on any atom is -0.346 e. The minimum absolute atomic E-state index is 0.0252. The van der Waals surface area contributed by atoms with Crippen molar-refractivity contribution in [3.05, 3.63) is 71.3 Å². The summed E-state index contributed by atoms with van der Waals surface area (Å²) < 4.78 is 1.69. The summed E-state index contributed by atoms with van der Waals surface area (Å²) in [5.41, 5.74) is 5.96. The number of hydrogen-bond donors (Lipinski definition) is 2. The van der Waals surface area contributed by atoms with Crippen molar-refractivity contribution < 1.29 is 9.59 Å². The zero-order chi connectivity index (χ0) is 23.3. The highest BCUT2D eigenvalue weighted by atomic mass is 16.2. The van der Waals surface area contributed by atoms with E-state index in [1.807, 2.05) is 76.0 Å². The van der Waals surface area contributed by atoms with Crippen LogP contribution < -0.4 is 10.6 Å². The molecule has 0 aliphatic heterocycles. The van der Waals surface area contributed by atoms with Crippen LogP contribution in [0.15, 0.2) is 49.1 Å². The summed E-state index contributed by atoms with van der Waals surface area (Å²) in [6.07, 6.45) is 3.14. The van der Waals surface area contributed by atoms with E-state index in [1.165, 1.54) is 6.33 Å². The maximum Gasteiger partial charge on any atom is 0.243 e. The van der Waals surface area contributed by atoms with Crippen molar-refractivity contribution in [2.75, 3.05) is 25.5 Å². The molecule has 32 heavy (non-hydrogen) atoms. The molecule has 1 unspecified atom stereocenters. The number of hydrogen-bond acceptors (Lipinski definition) is 5. The number of carbonyl (C=O) groups excluding carboxylic acids is 2. The molecule has 168 valence electrons. The Morgan fingerprint density at radius 3 is 2.31 bits per heavy atom. The molecule has 2 N–H and O–H groups in total. The van der Waals surface area contributed by atoms with Crippen molar-refractivity contribution in [1.29, 1.82) is 0 Å². The zero-order valence-electron chi connectivity index (χ0n) is 19.2. The average molecular weight is 435 g/mol. The fraction of sp³-hybridized carbons (Fsp3) is 0.333. The number of benzene rings is 2. The molecule has 0 spiro atoms. The number of nitrogens with zero attached hydrogens (tertiary/aromatic N) is 4. The molecule has 8 heteroatoms. The number of carbonyl (C=O) groups is 2. The smallest absolute Gasteiger partial charge is 0.243 e. The first-order valence-corrected chi connectivity index (χ1v) is 10.5. The minimum atomic E-state index is -0.243. The second-order valence-electron chi connectivity index (χ2n) is 8.12. The summed E-state index contributed by atoms with van der Waals surface area (Å²) in [7, 11) is 1.88. The van der Waals surface area contributed by atoms with Gasteiger partial charge in [0.05, 0.1) is 18.8 Å². The molecule has 1 atom stereocenters. The second kappa shape index (κ2) is 10.2. The summed E-state index contributed by atoms with van der Waals surface area (Å²) in [6.45, 7) is 8.09. The summed E-state index contributed by atoms with van der Waals surface area (Å²) in [6, 6.07) is 12.0. The number of anilines is 1. The first-order valence-electron chi connectivity index (χ1n) is 10.5. The Kier molecular flexibility index (Phi) is 7.37. The van der Waals surface area contributed by atoms with Crippen molar-refractivity contribution in [3.8, 4) is 5.69 Å². The third-order valence-electron chi connectivity index (χ3n) is 5.50. The number of likely N-dealkylation sites (N-methyl/N-ethyl adjacent to an activating group) is 1. The standard InChI is InChI=1S/C24H30N6O2/c1-16-10-17(2)24(18(3)11-16)28-22(31)12-26-23(32)13-29(5)19(4)20-6-8-21(9-7-20)30-15-25-14-27-30/h6-11,14-15,19H,12-13H2,1-5H3,(H,26,32)(H,28,31). The predicted octanol–water partition coefficient (Wildman–Crippen LogP) is 2.94. The largest absolute Gasteiger partial charge is 0.346 e. The van der Waals surface area contributed by atoms with E-state index in [2.05, 4.69) is 20.7 Å². The van der Waals surface area contributed by atoms with E-state index in [0.717, 1.165) is 33.6 Å². The SMILES string of the molecule is Cc1cc(C)c(NC(=O)CNC(=O)CN(C)C(C)c2ccc(-n3cncn3)cc2)c(C)c1. The Bertz CT molecular complexity index is 1050. The maximum absolute atomic E-state index is 12.4. The van der Waals surface area contributed by atoms with Crippen LogP contribution >= 0.6 is 0 Å². The van der Waals surface area contributed by atoms with Crippen LogP contribution in [0.2, 0.25) is 0 Å². The van der Waals surface area contributed by atoms with Gasteiger partial charge in [0.25, 0.3) is 0 Å². The van der Waals surface area contributed by atoms with Crippen LogP contribution in [0.4, 0.5) is 5.69 Å². The highest BCUT2D eigenvalue weighted by Gasteiger charge is 2.16. The van der Waals surface area contributed by atoms with E-state index in [1.54, 1.807) is 11.0 Å². The molecule has 0 saturated heterocycles. The van der Waals surface area contributed by atoms with Gasteiger partial charge in [-0.15, -0.1) is 0 Å². The van der Waals surface area contributed by atoms with Crippen LogP contribution in [-0.4, -0.2) is 51.6 Å². The van der Waals surface area contributed by atoms with Gasteiger partial charge in [0.1, 0.15) is 12.7 Å². The zero-order valence-corrected chi connectivity index (χ0v) is 19.2. The molecule has 0 radical (unpaired) electrons. The third-order valence-corrected chi connectivity index (χ3v) is 5.50. The number of rotatable bonds is 8. The van der Waals surface area contributed by atoms with Crippen molar-refractivity contribution in [2.45, 2.75) is 33.7 Å². The summed E-state index contributed by atoms with van der Waals surface area (Å²) in [4.78, 5) is 30.6. The van der Waals surface area contributed by atoms with Crippen molar-refractivity contribution in [3.63, 3.8) is 0 Å². The maximum atomic E-state index is 12.4. The van der Waals surface area contributed by atoms with E-state index in [0.29, 0.717) is 0 Å². The van der Waals surface area contributed by atoms with Crippen LogP contribution in [-0.2, 0) is 9.59 Å². The van der Waals surface area contributed by atoms with Crippen LogP contribution in [0.3, 0.4) is 0 Å². The van der Waals surface area contributed by atoms with Crippen LogP contribution in [0.1, 0.15) is 35.2 Å². The third kappa shape index (κ3) is 5.79. The Morgan fingerprint density at radius 2 is 1.72 bits per heavy atom. The Labute approximate surface area is 188 Å². The van der Waals surface area contributed by atoms with Gasteiger partial charge in [-0.1, -0.05) is 29.8 Å². The van der Waals surface area contributed by atoms with Gasteiger partial charge in [-0.2, -0.15) is 5.10 Å². The molecule has 8 nitrogen and oxygen atoms in total. The molecule has 3 rings (SSSR count). The lowest BCUT2D eigenvalue weighted by Gasteiger charge is -2.24. The fourth-order valence-electron chi connectivity index (χ4n) is 3.66. The molecular formula is C24H30N6O2. The number of nitrogens with one attached hydrogen (secondary N) is 2. The monoisotopic (exact) mass is 434 g/mol. The van der Waals surface area contributed by atoms with Gasteiger partial charge < -0.3 is 10.6 Å². The normalized spacial score (nSPS) is 11.9. The average Bonchev–Trinajstić information content (AvgIpc) is 3.29.